The van der Waals surface area contributed by atoms with Crippen LogP contribution in [-0.4, -0.2) is 76.9 Å². The number of carbonyl (C=O) groups excluding carboxylic acids is 2. The summed E-state index contributed by atoms with van der Waals surface area (Å²) >= 11 is 0. The number of piperidine rings is 1. The summed E-state index contributed by atoms with van der Waals surface area (Å²) in [4.78, 5) is 29.6. The minimum Gasteiger partial charge on any atom is -0.395 e. The monoisotopic (exact) mass is 544 g/mol. The molecule has 4 N–H and O–H groups in total. The van der Waals surface area contributed by atoms with E-state index in [0.717, 1.165) is 44.2 Å². The van der Waals surface area contributed by atoms with Crippen molar-refractivity contribution >= 4 is 17.6 Å². The van der Waals surface area contributed by atoms with Crippen molar-refractivity contribution in [2.24, 2.45) is 22.7 Å². The van der Waals surface area contributed by atoms with Crippen molar-refractivity contribution in [1.29, 1.82) is 0 Å². The molecule has 39 heavy (non-hydrogen) atoms. The molecule has 9 heteroatoms. The highest BCUT2D eigenvalue weighted by molar-refractivity contribution is 5.90. The Labute approximate surface area is 231 Å². The van der Waals surface area contributed by atoms with Crippen LogP contribution in [0.5, 0.6) is 0 Å². The molecule has 5 aliphatic rings. The summed E-state index contributed by atoms with van der Waals surface area (Å²) in [6, 6.07) is 4.60. The molecular weight excluding hydrogens is 499 g/mol. The SMILES string of the molecule is C[C@]12CC3CC(NC(=O)Nc4ccc(CN5CCC[C@H](C(=O)N(CCO)CCO)C5)cc4F)(C1)C[C@@](C)(C3)C2. The molecule has 0 aromatic heterocycles. The van der Waals surface area contributed by atoms with Gasteiger partial charge in [0.05, 0.1) is 24.8 Å². The Bertz CT molecular complexity index is 1060. The number of rotatable bonds is 9. The number of aliphatic hydroxyl groups excluding tert-OH is 2. The third-order valence-corrected chi connectivity index (χ3v) is 9.60. The lowest BCUT2D eigenvalue weighted by molar-refractivity contribution is -0.138. The average Bonchev–Trinajstić information content (AvgIpc) is 2.83. The van der Waals surface area contributed by atoms with Crippen LogP contribution in [-0.2, 0) is 11.3 Å². The number of carbonyl (C=O) groups is 2. The minimum atomic E-state index is -0.464. The fourth-order valence-corrected chi connectivity index (χ4v) is 9.23. The maximum atomic E-state index is 15.1. The zero-order chi connectivity index (χ0) is 27.8. The summed E-state index contributed by atoms with van der Waals surface area (Å²) in [5.74, 6) is -0.0690. The fourth-order valence-electron chi connectivity index (χ4n) is 9.23. The Morgan fingerprint density at radius 1 is 1.08 bits per heavy atom. The topological polar surface area (TPSA) is 105 Å². The van der Waals surface area contributed by atoms with Crippen molar-refractivity contribution < 1.29 is 24.2 Å². The van der Waals surface area contributed by atoms with E-state index in [9.17, 15) is 19.8 Å². The van der Waals surface area contributed by atoms with E-state index in [-0.39, 0.29) is 66.2 Å². The van der Waals surface area contributed by atoms with Crippen LogP contribution in [0.3, 0.4) is 0 Å². The molecule has 1 aliphatic heterocycles. The molecule has 1 aromatic carbocycles. The zero-order valence-electron chi connectivity index (χ0n) is 23.5. The standard InChI is InChI=1S/C30H45FN4O4/c1-28-13-22-14-29(2,18-28)20-30(15-22,19-28)33-27(39)32-25-6-5-21(12-24(25)31)16-34-7-3-4-23(17-34)26(38)35(8-10-36)9-11-37/h5-6,12,22-23,36-37H,3-4,7-11,13-20H2,1-2H3,(H2,32,33,39)/t22?,23-,28-,29+,30?/m0/s1. The molecule has 1 saturated heterocycles. The predicted octanol–water partition coefficient (Wildman–Crippen LogP) is 3.72. The maximum absolute atomic E-state index is 15.1. The van der Waals surface area contributed by atoms with E-state index in [4.69, 9.17) is 0 Å². The first-order chi connectivity index (χ1) is 18.5. The van der Waals surface area contributed by atoms with E-state index in [1.54, 1.807) is 6.07 Å². The molecule has 8 nitrogen and oxygen atoms in total. The van der Waals surface area contributed by atoms with Crippen LogP contribution < -0.4 is 10.6 Å². The van der Waals surface area contributed by atoms with Gasteiger partial charge in [-0.25, -0.2) is 9.18 Å². The second-order valence-electron chi connectivity index (χ2n) is 13.7. The van der Waals surface area contributed by atoms with Gasteiger partial charge in [-0.3, -0.25) is 9.69 Å². The lowest BCUT2D eigenvalue weighted by Crippen LogP contribution is -2.65. The Morgan fingerprint density at radius 2 is 1.77 bits per heavy atom. The van der Waals surface area contributed by atoms with E-state index in [1.165, 1.54) is 30.2 Å². The third-order valence-electron chi connectivity index (χ3n) is 9.60. The van der Waals surface area contributed by atoms with Gasteiger partial charge in [-0.1, -0.05) is 19.9 Å². The first kappa shape index (κ1) is 28.3. The number of hydrogen-bond acceptors (Lipinski definition) is 5. The molecule has 2 unspecified atom stereocenters. The highest BCUT2D eigenvalue weighted by atomic mass is 19.1. The Kier molecular flexibility index (Phi) is 7.97. The van der Waals surface area contributed by atoms with Gasteiger partial charge in [0, 0.05) is 31.7 Å². The first-order valence-electron chi connectivity index (χ1n) is 14.6. The summed E-state index contributed by atoms with van der Waals surface area (Å²) in [5, 5.41) is 24.6. The van der Waals surface area contributed by atoms with Crippen LogP contribution >= 0.6 is 0 Å². The molecule has 3 amide bonds. The lowest BCUT2D eigenvalue weighted by Gasteiger charge is -2.65. The fraction of sp³-hybridized carbons (Fsp3) is 0.733. The quantitative estimate of drug-likeness (QED) is 0.379. The van der Waals surface area contributed by atoms with Gasteiger partial charge in [-0.2, -0.15) is 0 Å². The molecule has 4 aliphatic carbocycles. The molecule has 1 aromatic rings. The molecule has 0 spiro atoms. The number of halogens is 1. The number of urea groups is 1. The number of aliphatic hydroxyl groups is 2. The van der Waals surface area contributed by atoms with Crippen molar-refractivity contribution in [2.45, 2.75) is 77.3 Å². The molecular formula is C30H45FN4O4. The molecule has 4 saturated carbocycles. The number of likely N-dealkylation sites (tertiary alicyclic amines) is 1. The van der Waals surface area contributed by atoms with Gasteiger partial charge in [-0.15, -0.1) is 0 Å². The number of anilines is 1. The Hall–Kier alpha value is -2.23. The molecule has 216 valence electrons. The second-order valence-corrected chi connectivity index (χ2v) is 13.7. The number of nitrogens with zero attached hydrogens (tertiary/aromatic N) is 2. The Morgan fingerprint density at radius 3 is 2.38 bits per heavy atom. The summed E-state index contributed by atoms with van der Waals surface area (Å²) in [7, 11) is 0. The van der Waals surface area contributed by atoms with Crippen LogP contribution in [0.4, 0.5) is 14.9 Å². The van der Waals surface area contributed by atoms with Crippen LogP contribution in [0.25, 0.3) is 0 Å². The summed E-state index contributed by atoms with van der Waals surface area (Å²) in [6.07, 6.45) is 8.35. The molecule has 0 radical (unpaired) electrons. The van der Waals surface area contributed by atoms with Crippen LogP contribution in [0.15, 0.2) is 18.2 Å². The van der Waals surface area contributed by atoms with Gasteiger partial charge in [0.2, 0.25) is 5.91 Å². The van der Waals surface area contributed by atoms with E-state index in [0.29, 0.717) is 19.0 Å². The smallest absolute Gasteiger partial charge is 0.319 e. The van der Waals surface area contributed by atoms with Crippen LogP contribution in [0, 0.1) is 28.5 Å². The lowest BCUT2D eigenvalue weighted by atomic mass is 9.43. The van der Waals surface area contributed by atoms with Gasteiger partial charge in [0.15, 0.2) is 0 Å². The largest absolute Gasteiger partial charge is 0.395 e. The van der Waals surface area contributed by atoms with Crippen LogP contribution in [0.2, 0.25) is 0 Å². The van der Waals surface area contributed by atoms with E-state index >= 15 is 4.39 Å². The van der Waals surface area contributed by atoms with E-state index in [1.807, 2.05) is 6.07 Å². The second kappa shape index (κ2) is 11.0. The number of benzene rings is 1. The van der Waals surface area contributed by atoms with Crippen molar-refractivity contribution in [1.82, 2.24) is 15.1 Å². The maximum Gasteiger partial charge on any atom is 0.319 e. The minimum absolute atomic E-state index is 0.0541. The number of hydrogen-bond donors (Lipinski definition) is 4. The average molecular weight is 545 g/mol. The number of nitrogens with one attached hydrogen (secondary N) is 2. The number of amides is 3. The highest BCUT2D eigenvalue weighted by Gasteiger charge is 2.60. The van der Waals surface area contributed by atoms with Crippen LogP contribution in [0.1, 0.15) is 70.8 Å². The normalized spacial score (nSPS) is 33.7. The molecule has 5 fully saturated rings. The van der Waals surface area contributed by atoms with Gasteiger partial charge in [0.1, 0.15) is 5.82 Å². The van der Waals surface area contributed by atoms with Gasteiger partial charge >= 0.3 is 6.03 Å². The molecule has 6 rings (SSSR count). The third kappa shape index (κ3) is 6.25. The van der Waals surface area contributed by atoms with Gasteiger partial charge in [0.25, 0.3) is 0 Å². The molecule has 1 heterocycles. The van der Waals surface area contributed by atoms with Gasteiger partial charge < -0.3 is 25.7 Å². The predicted molar refractivity (Wildman–Crippen MR) is 147 cm³/mol. The van der Waals surface area contributed by atoms with Gasteiger partial charge in [-0.05, 0) is 92.4 Å². The first-order valence-corrected chi connectivity index (χ1v) is 14.6. The molecule has 5 atom stereocenters. The summed E-state index contributed by atoms with van der Waals surface area (Å²) in [5.41, 5.74) is 1.32. The van der Waals surface area contributed by atoms with Crippen molar-refractivity contribution in [2.75, 3.05) is 44.7 Å². The molecule has 4 bridgehead atoms. The zero-order valence-corrected chi connectivity index (χ0v) is 23.5. The van der Waals surface area contributed by atoms with Crippen molar-refractivity contribution in [3.63, 3.8) is 0 Å². The van der Waals surface area contributed by atoms with E-state index in [2.05, 4.69) is 29.4 Å². The van der Waals surface area contributed by atoms with E-state index < -0.39 is 5.82 Å². The van der Waals surface area contributed by atoms with Crippen molar-refractivity contribution in [3.8, 4) is 0 Å². The van der Waals surface area contributed by atoms with Crippen molar-refractivity contribution in [3.05, 3.63) is 29.6 Å². The highest BCUT2D eigenvalue weighted by Crippen LogP contribution is 2.66. The summed E-state index contributed by atoms with van der Waals surface area (Å²) < 4.78 is 15.1. The Balaban J connectivity index is 1.17. The summed E-state index contributed by atoms with van der Waals surface area (Å²) in [6.45, 7) is 6.75.